The highest BCUT2D eigenvalue weighted by molar-refractivity contribution is 7.85. The van der Waals surface area contributed by atoms with Gasteiger partial charge in [-0.25, -0.2) is 15.0 Å². The predicted molar refractivity (Wildman–Crippen MR) is 79.8 cm³/mol. The van der Waals surface area contributed by atoms with Gasteiger partial charge in [-0.2, -0.15) is 13.2 Å². The third-order valence-electron chi connectivity index (χ3n) is 3.23. The fourth-order valence-electron chi connectivity index (χ4n) is 2.12. The quantitative estimate of drug-likeness (QED) is 0.780. The topological polar surface area (TPSA) is 80.4 Å². The maximum atomic E-state index is 12.7. The zero-order valence-electron chi connectivity index (χ0n) is 12.3. The van der Waals surface area contributed by atoms with Gasteiger partial charge in [0.1, 0.15) is 34.8 Å². The summed E-state index contributed by atoms with van der Waals surface area (Å²) in [5.41, 5.74) is -0.531. The molecule has 0 saturated heterocycles. The van der Waals surface area contributed by atoms with Gasteiger partial charge in [0, 0.05) is 18.0 Å². The molecule has 0 fully saturated rings. The minimum atomic E-state index is -4.57. The van der Waals surface area contributed by atoms with Crippen LogP contribution in [0.3, 0.4) is 0 Å². The van der Waals surface area contributed by atoms with Gasteiger partial charge in [-0.15, -0.1) is 0 Å². The number of nitrogens with zero attached hydrogens (tertiary/aromatic N) is 4. The van der Waals surface area contributed by atoms with Crippen molar-refractivity contribution in [3.63, 3.8) is 0 Å². The van der Waals surface area contributed by atoms with Gasteiger partial charge in [-0.1, -0.05) is 6.92 Å². The Hall–Kier alpha value is -2.49. The predicted octanol–water partition coefficient (Wildman–Crippen LogP) is 2.64. The fraction of sp³-hybridized carbons (Fsp3) is 0.214. The van der Waals surface area contributed by atoms with Gasteiger partial charge in [-0.3, -0.25) is 8.61 Å². The SMILES string of the molecule is CCS(=O)c1cc(O)cnc1-c1cn2cnc(C(F)(F)F)cc2n1. The van der Waals surface area contributed by atoms with Gasteiger partial charge >= 0.3 is 6.18 Å². The molecule has 0 aromatic carbocycles. The van der Waals surface area contributed by atoms with E-state index in [0.29, 0.717) is 5.75 Å². The second-order valence-electron chi connectivity index (χ2n) is 4.84. The van der Waals surface area contributed by atoms with E-state index in [9.17, 15) is 22.5 Å². The van der Waals surface area contributed by atoms with E-state index in [4.69, 9.17) is 0 Å². The summed E-state index contributed by atoms with van der Waals surface area (Å²) in [6, 6.07) is 2.13. The minimum Gasteiger partial charge on any atom is -0.506 e. The minimum absolute atomic E-state index is 0.0374. The molecule has 0 aliphatic heterocycles. The molecule has 1 N–H and O–H groups in total. The van der Waals surface area contributed by atoms with Crippen molar-refractivity contribution < 1.29 is 22.5 Å². The van der Waals surface area contributed by atoms with Crippen LogP contribution in [0.1, 0.15) is 12.6 Å². The molecule has 0 aliphatic rings. The van der Waals surface area contributed by atoms with Gasteiger partial charge in [0.25, 0.3) is 0 Å². The summed E-state index contributed by atoms with van der Waals surface area (Å²) in [7, 11) is -1.42. The average molecular weight is 356 g/mol. The van der Waals surface area contributed by atoms with E-state index in [2.05, 4.69) is 15.0 Å². The summed E-state index contributed by atoms with van der Waals surface area (Å²) in [5.74, 6) is 0.144. The van der Waals surface area contributed by atoms with Gasteiger partial charge < -0.3 is 5.11 Å². The number of hydrogen-bond acceptors (Lipinski definition) is 5. The molecule has 0 radical (unpaired) electrons. The van der Waals surface area contributed by atoms with Crippen LogP contribution in [0.4, 0.5) is 13.2 Å². The van der Waals surface area contributed by atoms with Crippen LogP contribution in [0.15, 0.2) is 35.7 Å². The highest BCUT2D eigenvalue weighted by Gasteiger charge is 2.33. The van der Waals surface area contributed by atoms with Crippen molar-refractivity contribution in [3.05, 3.63) is 36.5 Å². The van der Waals surface area contributed by atoms with Crippen molar-refractivity contribution in [1.82, 2.24) is 19.4 Å². The Morgan fingerprint density at radius 1 is 1.29 bits per heavy atom. The van der Waals surface area contributed by atoms with Gasteiger partial charge in [0.2, 0.25) is 0 Å². The van der Waals surface area contributed by atoms with Crippen LogP contribution in [0.25, 0.3) is 17.0 Å². The molecule has 1 atom stereocenters. The van der Waals surface area contributed by atoms with Crippen LogP contribution < -0.4 is 0 Å². The highest BCUT2D eigenvalue weighted by Crippen LogP contribution is 2.30. The van der Waals surface area contributed by atoms with Gasteiger partial charge in [0.15, 0.2) is 0 Å². The summed E-state index contributed by atoms with van der Waals surface area (Å²) < 4.78 is 51.6. The van der Waals surface area contributed by atoms with E-state index in [1.54, 1.807) is 6.92 Å². The number of alkyl halides is 3. The Bertz CT molecular complexity index is 939. The number of imidazole rings is 1. The summed E-state index contributed by atoms with van der Waals surface area (Å²) in [4.78, 5) is 11.7. The number of halogens is 3. The lowest BCUT2D eigenvalue weighted by Crippen LogP contribution is -2.08. The number of rotatable bonds is 3. The molecule has 0 saturated carbocycles. The average Bonchev–Trinajstić information content (AvgIpc) is 2.96. The molecule has 1 unspecified atom stereocenters. The Morgan fingerprint density at radius 2 is 2.04 bits per heavy atom. The summed E-state index contributed by atoms with van der Waals surface area (Å²) in [5, 5.41) is 9.54. The van der Waals surface area contributed by atoms with Crippen LogP contribution in [0.2, 0.25) is 0 Å². The van der Waals surface area contributed by atoms with Crippen molar-refractivity contribution in [2.75, 3.05) is 5.75 Å². The standard InChI is InChI=1S/C14H11F3N4O2S/c1-2-24(23)10-3-8(22)5-18-13(10)9-6-21-7-19-11(14(15,16)17)4-12(21)20-9/h3-7,22H,2H2,1H3. The molecule has 126 valence electrons. The van der Waals surface area contributed by atoms with Crippen molar-refractivity contribution in [2.24, 2.45) is 0 Å². The third kappa shape index (κ3) is 2.96. The largest absolute Gasteiger partial charge is 0.506 e. The summed E-state index contributed by atoms with van der Waals surface area (Å²) in [6.45, 7) is 1.70. The molecular formula is C14H11F3N4O2S. The lowest BCUT2D eigenvalue weighted by Gasteiger charge is -2.05. The van der Waals surface area contributed by atoms with Gasteiger partial charge in [0.05, 0.1) is 21.9 Å². The second-order valence-corrected chi connectivity index (χ2v) is 6.55. The van der Waals surface area contributed by atoms with E-state index in [-0.39, 0.29) is 27.7 Å². The highest BCUT2D eigenvalue weighted by atomic mass is 32.2. The fourth-order valence-corrected chi connectivity index (χ4v) is 3.05. The molecule has 3 heterocycles. The van der Waals surface area contributed by atoms with E-state index in [0.717, 1.165) is 18.6 Å². The molecule has 10 heteroatoms. The number of aromatic nitrogens is 4. The Labute approximate surface area is 136 Å². The molecule has 0 bridgehead atoms. The normalized spacial score (nSPS) is 13.3. The van der Waals surface area contributed by atoms with Crippen molar-refractivity contribution in [2.45, 2.75) is 18.0 Å². The third-order valence-corrected chi connectivity index (χ3v) is 4.55. The van der Waals surface area contributed by atoms with Crippen molar-refractivity contribution in [3.8, 4) is 17.1 Å². The molecule has 0 aliphatic carbocycles. The molecule has 3 aromatic heterocycles. The monoisotopic (exact) mass is 356 g/mol. The molecule has 3 aromatic rings. The molecule has 6 nitrogen and oxygen atoms in total. The molecule has 0 spiro atoms. The van der Waals surface area contributed by atoms with Crippen molar-refractivity contribution >= 4 is 16.4 Å². The van der Waals surface area contributed by atoms with Crippen LogP contribution in [0.5, 0.6) is 5.75 Å². The number of fused-ring (bicyclic) bond motifs is 1. The van der Waals surface area contributed by atoms with Crippen LogP contribution in [-0.2, 0) is 17.0 Å². The Morgan fingerprint density at radius 3 is 2.71 bits per heavy atom. The molecule has 24 heavy (non-hydrogen) atoms. The van der Waals surface area contributed by atoms with E-state index < -0.39 is 22.7 Å². The zero-order chi connectivity index (χ0) is 17.5. The van der Waals surface area contributed by atoms with E-state index >= 15 is 0 Å². The van der Waals surface area contributed by atoms with E-state index in [1.807, 2.05) is 0 Å². The second kappa shape index (κ2) is 5.86. The zero-order valence-corrected chi connectivity index (χ0v) is 13.1. The first-order valence-corrected chi connectivity index (χ1v) is 8.11. The number of aromatic hydroxyl groups is 1. The first-order chi connectivity index (χ1) is 11.3. The Kier molecular flexibility index (Phi) is 3.99. The molecule has 3 rings (SSSR count). The first-order valence-electron chi connectivity index (χ1n) is 6.79. The summed E-state index contributed by atoms with van der Waals surface area (Å²) >= 11 is 0. The number of pyridine rings is 1. The van der Waals surface area contributed by atoms with Gasteiger partial charge in [-0.05, 0) is 6.07 Å². The smallest absolute Gasteiger partial charge is 0.433 e. The molecular weight excluding hydrogens is 345 g/mol. The lowest BCUT2D eigenvalue weighted by atomic mass is 10.3. The maximum absolute atomic E-state index is 12.7. The summed E-state index contributed by atoms with van der Waals surface area (Å²) in [6.07, 6.45) is -0.960. The van der Waals surface area contributed by atoms with Crippen molar-refractivity contribution in [1.29, 1.82) is 0 Å². The first kappa shape index (κ1) is 16.4. The van der Waals surface area contributed by atoms with Crippen LogP contribution in [0, 0.1) is 0 Å². The van der Waals surface area contributed by atoms with Crippen LogP contribution >= 0.6 is 0 Å². The number of hydrogen-bond donors (Lipinski definition) is 1. The molecule has 0 amide bonds. The maximum Gasteiger partial charge on any atom is 0.433 e. The van der Waals surface area contributed by atoms with E-state index in [1.165, 1.54) is 16.7 Å². The lowest BCUT2D eigenvalue weighted by molar-refractivity contribution is -0.141. The van der Waals surface area contributed by atoms with Crippen LogP contribution in [-0.4, -0.2) is 34.4 Å². The Balaban J connectivity index is 2.15.